The van der Waals surface area contributed by atoms with E-state index in [1.54, 1.807) is 31.3 Å². The molecule has 43 heavy (non-hydrogen) atoms. The lowest BCUT2D eigenvalue weighted by Crippen LogP contribution is -2.44. The Morgan fingerprint density at radius 1 is 0.953 bits per heavy atom. The third kappa shape index (κ3) is 6.46. The molecule has 1 aromatic heterocycles. The molecular weight excluding hydrogens is 540 g/mol. The summed E-state index contributed by atoms with van der Waals surface area (Å²) in [6.07, 6.45) is 5.66. The number of nitrogens with one attached hydrogen (secondary N) is 2. The van der Waals surface area contributed by atoms with Crippen LogP contribution in [0.25, 0.3) is 0 Å². The van der Waals surface area contributed by atoms with Crippen LogP contribution in [-0.4, -0.2) is 78.7 Å². The number of hydrogen-bond donors (Lipinski definition) is 3. The van der Waals surface area contributed by atoms with Crippen LogP contribution in [0, 0.1) is 12.8 Å². The fourth-order valence-corrected chi connectivity index (χ4v) is 6.88. The van der Waals surface area contributed by atoms with Gasteiger partial charge in [-0.05, 0) is 87.5 Å². The molecule has 2 saturated heterocycles. The SMILES string of the molecule is Cc1c(O)cccc1C(=O)NC1CC2CCCN(c3ccc(C(=O)NCc4ccc(N5CCN(C)CC5)cc4)cn3)C2C1. The van der Waals surface area contributed by atoms with Crippen LogP contribution in [0.2, 0.25) is 0 Å². The van der Waals surface area contributed by atoms with Crippen LogP contribution in [0.1, 0.15) is 57.5 Å². The Balaban J connectivity index is 1.03. The van der Waals surface area contributed by atoms with E-state index in [-0.39, 0.29) is 23.6 Å². The van der Waals surface area contributed by atoms with Gasteiger partial charge in [0.05, 0.1) is 5.56 Å². The van der Waals surface area contributed by atoms with E-state index in [1.807, 2.05) is 12.1 Å². The van der Waals surface area contributed by atoms with E-state index in [9.17, 15) is 14.7 Å². The molecule has 2 aliphatic heterocycles. The van der Waals surface area contributed by atoms with E-state index in [2.05, 4.69) is 56.6 Å². The fourth-order valence-electron chi connectivity index (χ4n) is 6.88. The number of fused-ring (bicyclic) bond motifs is 1. The van der Waals surface area contributed by atoms with Crippen molar-refractivity contribution in [2.75, 3.05) is 49.6 Å². The summed E-state index contributed by atoms with van der Waals surface area (Å²) in [5.41, 5.74) is 3.96. The Kier molecular flexibility index (Phi) is 8.51. The maximum Gasteiger partial charge on any atom is 0.253 e. The molecule has 3 fully saturated rings. The van der Waals surface area contributed by atoms with Gasteiger partial charge in [-0.3, -0.25) is 9.59 Å². The Morgan fingerprint density at radius 2 is 1.74 bits per heavy atom. The first kappa shape index (κ1) is 29.0. The molecule has 0 bridgehead atoms. The van der Waals surface area contributed by atoms with E-state index in [1.165, 1.54) is 5.69 Å². The Hall–Kier alpha value is -4.11. The van der Waals surface area contributed by atoms with Crippen LogP contribution in [0.4, 0.5) is 11.5 Å². The van der Waals surface area contributed by atoms with Gasteiger partial charge >= 0.3 is 0 Å². The van der Waals surface area contributed by atoms with Crippen molar-refractivity contribution in [3.8, 4) is 5.75 Å². The zero-order valence-electron chi connectivity index (χ0n) is 25.1. The number of carbonyl (C=O) groups excluding carboxylic acids is 2. The van der Waals surface area contributed by atoms with Crippen LogP contribution in [0.3, 0.4) is 0 Å². The van der Waals surface area contributed by atoms with Crippen LogP contribution in [0.15, 0.2) is 60.8 Å². The maximum atomic E-state index is 13.0. The number of piperazine rings is 1. The predicted octanol–water partition coefficient (Wildman–Crippen LogP) is 3.95. The van der Waals surface area contributed by atoms with Crippen molar-refractivity contribution < 1.29 is 14.7 Å². The lowest BCUT2D eigenvalue weighted by atomic mass is 9.92. The van der Waals surface area contributed by atoms with Crippen LogP contribution < -0.4 is 20.4 Å². The van der Waals surface area contributed by atoms with Gasteiger partial charge in [-0.25, -0.2) is 4.98 Å². The molecule has 0 spiro atoms. The quantitative estimate of drug-likeness (QED) is 0.388. The summed E-state index contributed by atoms with van der Waals surface area (Å²) in [6, 6.07) is 17.7. The molecule has 3 aromatic rings. The van der Waals surface area contributed by atoms with Crippen molar-refractivity contribution in [2.45, 2.75) is 51.2 Å². The van der Waals surface area contributed by atoms with Crippen LogP contribution in [0.5, 0.6) is 5.75 Å². The second-order valence-corrected chi connectivity index (χ2v) is 12.3. The molecule has 3 unspecified atom stereocenters. The monoisotopic (exact) mass is 582 g/mol. The molecule has 2 amide bonds. The molecule has 6 rings (SSSR count). The summed E-state index contributed by atoms with van der Waals surface area (Å²) in [5, 5.41) is 16.3. The number of pyridine rings is 1. The molecule has 3 N–H and O–H groups in total. The van der Waals surface area contributed by atoms with E-state index >= 15 is 0 Å². The second-order valence-electron chi connectivity index (χ2n) is 12.3. The molecule has 3 aliphatic rings. The molecule has 1 saturated carbocycles. The van der Waals surface area contributed by atoms with Gasteiger partial charge in [0.15, 0.2) is 0 Å². The molecule has 2 aromatic carbocycles. The summed E-state index contributed by atoms with van der Waals surface area (Å²) in [7, 11) is 2.16. The third-order valence-electron chi connectivity index (χ3n) is 9.48. The number of nitrogens with zero attached hydrogens (tertiary/aromatic N) is 4. The number of piperidine rings is 1. The number of phenolic OH excluding ortho intramolecular Hbond substituents is 1. The Labute approximate surface area is 253 Å². The zero-order valence-corrected chi connectivity index (χ0v) is 25.1. The van der Waals surface area contributed by atoms with Crippen molar-refractivity contribution >= 4 is 23.3 Å². The van der Waals surface area contributed by atoms with Crippen molar-refractivity contribution in [3.05, 3.63) is 83.0 Å². The first-order valence-electron chi connectivity index (χ1n) is 15.5. The number of benzene rings is 2. The Morgan fingerprint density at radius 3 is 2.49 bits per heavy atom. The smallest absolute Gasteiger partial charge is 0.253 e. The van der Waals surface area contributed by atoms with Crippen molar-refractivity contribution in [3.63, 3.8) is 0 Å². The number of amides is 2. The van der Waals surface area contributed by atoms with Gasteiger partial charge < -0.3 is 30.4 Å². The van der Waals surface area contributed by atoms with Gasteiger partial charge in [0.2, 0.25) is 0 Å². The highest BCUT2D eigenvalue weighted by molar-refractivity contribution is 5.96. The molecule has 226 valence electrons. The topological polar surface area (TPSA) is 101 Å². The number of likely N-dealkylation sites (N-methyl/N-ethyl adjacent to an activating group) is 1. The van der Waals surface area contributed by atoms with Crippen LogP contribution >= 0.6 is 0 Å². The van der Waals surface area contributed by atoms with Gasteiger partial charge in [-0.2, -0.15) is 0 Å². The van der Waals surface area contributed by atoms with Crippen molar-refractivity contribution in [1.29, 1.82) is 0 Å². The molecule has 9 nitrogen and oxygen atoms in total. The van der Waals surface area contributed by atoms with E-state index < -0.39 is 0 Å². The Bertz CT molecular complexity index is 1440. The highest BCUT2D eigenvalue weighted by Gasteiger charge is 2.41. The van der Waals surface area contributed by atoms with Gasteiger partial charge in [0, 0.05) is 74.4 Å². The minimum Gasteiger partial charge on any atom is -0.508 e. The van der Waals surface area contributed by atoms with Gasteiger partial charge in [-0.15, -0.1) is 0 Å². The number of phenols is 1. The van der Waals surface area contributed by atoms with Gasteiger partial charge in [-0.1, -0.05) is 18.2 Å². The van der Waals surface area contributed by atoms with Crippen molar-refractivity contribution in [1.82, 2.24) is 20.5 Å². The standard InChI is InChI=1S/C34H42N6O3/c1-23-29(6-3-7-31(23)41)34(43)37-27-19-25-5-4-14-40(30(25)20-27)32-13-10-26(22-35-32)33(42)36-21-24-8-11-28(12-9-24)39-17-15-38(2)16-18-39/h3,6-13,22,25,27,30,41H,4-5,14-21H2,1-2H3,(H,36,42)(H,37,43). The number of aromatic nitrogens is 1. The average molecular weight is 583 g/mol. The van der Waals surface area contributed by atoms with Gasteiger partial charge in [0.1, 0.15) is 11.6 Å². The molecule has 3 heterocycles. The summed E-state index contributed by atoms with van der Waals surface area (Å²) in [6.45, 7) is 7.36. The highest BCUT2D eigenvalue weighted by Crippen LogP contribution is 2.39. The van der Waals surface area contributed by atoms with Crippen LogP contribution in [-0.2, 0) is 6.54 Å². The number of hydrogen-bond acceptors (Lipinski definition) is 7. The summed E-state index contributed by atoms with van der Waals surface area (Å²) in [4.78, 5) is 37.7. The molecule has 3 atom stereocenters. The number of aromatic hydroxyl groups is 1. The lowest BCUT2D eigenvalue weighted by Gasteiger charge is -2.38. The first-order valence-corrected chi connectivity index (χ1v) is 15.5. The largest absolute Gasteiger partial charge is 0.508 e. The second kappa shape index (κ2) is 12.6. The minimum atomic E-state index is -0.136. The summed E-state index contributed by atoms with van der Waals surface area (Å²) < 4.78 is 0. The third-order valence-corrected chi connectivity index (χ3v) is 9.48. The normalized spacial score (nSPS) is 22.2. The molecular formula is C34H42N6O3. The maximum absolute atomic E-state index is 13.0. The summed E-state index contributed by atoms with van der Waals surface area (Å²) >= 11 is 0. The van der Waals surface area contributed by atoms with E-state index in [4.69, 9.17) is 4.98 Å². The van der Waals surface area contributed by atoms with Crippen molar-refractivity contribution in [2.24, 2.45) is 5.92 Å². The number of anilines is 2. The minimum absolute atomic E-state index is 0.0746. The number of rotatable bonds is 7. The average Bonchev–Trinajstić information content (AvgIpc) is 3.44. The van der Waals surface area contributed by atoms with Gasteiger partial charge in [0.25, 0.3) is 11.8 Å². The predicted molar refractivity (Wildman–Crippen MR) is 169 cm³/mol. The molecule has 9 heteroatoms. The highest BCUT2D eigenvalue weighted by atomic mass is 16.3. The molecule has 0 radical (unpaired) electrons. The molecule has 1 aliphatic carbocycles. The number of carbonyl (C=O) groups is 2. The summed E-state index contributed by atoms with van der Waals surface area (Å²) in [5.74, 6) is 1.23. The first-order chi connectivity index (χ1) is 20.9. The van der Waals surface area contributed by atoms with E-state index in [0.717, 1.165) is 69.8 Å². The van der Waals surface area contributed by atoms with E-state index in [0.29, 0.717) is 35.2 Å². The lowest BCUT2D eigenvalue weighted by molar-refractivity contribution is 0.0932. The fraction of sp³-hybridized carbons (Fsp3) is 0.441. The zero-order chi connectivity index (χ0) is 29.9.